The van der Waals surface area contributed by atoms with Crippen LogP contribution in [0.4, 0.5) is 19.0 Å². The first-order valence-corrected chi connectivity index (χ1v) is 5.41. The van der Waals surface area contributed by atoms with Crippen LogP contribution in [0.2, 0.25) is 0 Å². The molecule has 0 saturated carbocycles. The first-order valence-electron chi connectivity index (χ1n) is 5.41. The van der Waals surface area contributed by atoms with Crippen molar-refractivity contribution in [3.05, 3.63) is 23.9 Å². The van der Waals surface area contributed by atoms with Crippen LogP contribution in [0.15, 0.2) is 18.3 Å². The lowest BCUT2D eigenvalue weighted by molar-refractivity contribution is -0.137. The van der Waals surface area contributed by atoms with Crippen molar-refractivity contribution < 1.29 is 18.0 Å². The van der Waals surface area contributed by atoms with E-state index in [-0.39, 0.29) is 12.4 Å². The molecule has 0 aromatic carbocycles. The summed E-state index contributed by atoms with van der Waals surface area (Å²) < 4.78 is 38.6. The van der Waals surface area contributed by atoms with Crippen molar-refractivity contribution in [1.82, 2.24) is 10.3 Å². The quantitative estimate of drug-likeness (QED) is 0.859. The Morgan fingerprint density at radius 1 is 1.50 bits per heavy atom. The molecule has 1 fully saturated rings. The molecule has 1 atom stereocenters. The largest absolute Gasteiger partial charge is 0.419 e. The second-order valence-electron chi connectivity index (χ2n) is 3.90. The number of anilines is 1. The third-order valence-corrected chi connectivity index (χ3v) is 2.74. The lowest BCUT2D eigenvalue weighted by Gasteiger charge is -2.34. The molecular formula is C11H11F3N3O. The summed E-state index contributed by atoms with van der Waals surface area (Å²) >= 11 is 0. The van der Waals surface area contributed by atoms with Crippen LogP contribution in [-0.4, -0.2) is 36.9 Å². The fraction of sp³-hybridized carbons (Fsp3) is 0.455. The monoisotopic (exact) mass is 258 g/mol. The van der Waals surface area contributed by atoms with Gasteiger partial charge in [-0.25, -0.2) is 4.98 Å². The Morgan fingerprint density at radius 2 is 2.28 bits per heavy atom. The molecule has 4 nitrogen and oxygen atoms in total. The molecule has 1 aliphatic rings. The van der Waals surface area contributed by atoms with E-state index >= 15 is 0 Å². The zero-order valence-corrected chi connectivity index (χ0v) is 9.37. The maximum atomic E-state index is 12.9. The molecule has 0 spiro atoms. The summed E-state index contributed by atoms with van der Waals surface area (Å²) in [5, 5.41) is 2.93. The van der Waals surface area contributed by atoms with Crippen molar-refractivity contribution in [2.24, 2.45) is 0 Å². The predicted molar refractivity (Wildman–Crippen MR) is 58.9 cm³/mol. The van der Waals surface area contributed by atoms with Crippen LogP contribution in [0.5, 0.6) is 0 Å². The number of piperazine rings is 1. The highest BCUT2D eigenvalue weighted by Crippen LogP contribution is 2.35. The molecule has 1 aliphatic heterocycles. The minimum atomic E-state index is -4.48. The number of aromatic nitrogens is 1. The molecule has 2 heterocycles. The number of pyridine rings is 1. The van der Waals surface area contributed by atoms with Crippen molar-refractivity contribution in [1.29, 1.82) is 0 Å². The summed E-state index contributed by atoms with van der Waals surface area (Å²) in [6, 6.07) is 1.45. The minimum absolute atomic E-state index is 0.208. The molecule has 1 radical (unpaired) electrons. The lowest BCUT2D eigenvalue weighted by atomic mass is 10.1. The fourth-order valence-electron chi connectivity index (χ4n) is 1.91. The van der Waals surface area contributed by atoms with Gasteiger partial charge < -0.3 is 10.2 Å². The average molecular weight is 258 g/mol. The predicted octanol–water partition coefficient (Wildman–Crippen LogP) is 0.988. The van der Waals surface area contributed by atoms with Crippen LogP contribution < -0.4 is 10.2 Å². The fourth-order valence-corrected chi connectivity index (χ4v) is 1.91. The Bertz CT molecular complexity index is 436. The molecule has 0 aliphatic carbocycles. The van der Waals surface area contributed by atoms with Crippen LogP contribution in [0.1, 0.15) is 5.56 Å². The van der Waals surface area contributed by atoms with Gasteiger partial charge in [0.05, 0.1) is 5.56 Å². The molecular weight excluding hydrogens is 247 g/mol. The smallest absolute Gasteiger partial charge is 0.343 e. The van der Waals surface area contributed by atoms with Crippen molar-refractivity contribution in [3.8, 4) is 0 Å². The van der Waals surface area contributed by atoms with Gasteiger partial charge in [-0.2, -0.15) is 13.2 Å². The Hall–Kier alpha value is -1.63. The highest BCUT2D eigenvalue weighted by Gasteiger charge is 2.37. The van der Waals surface area contributed by atoms with Gasteiger partial charge in [-0.15, -0.1) is 0 Å². The molecule has 1 N–H and O–H groups in total. The van der Waals surface area contributed by atoms with Gasteiger partial charge in [0.25, 0.3) is 0 Å². The van der Waals surface area contributed by atoms with E-state index in [2.05, 4.69) is 10.3 Å². The van der Waals surface area contributed by atoms with Crippen molar-refractivity contribution in [2.45, 2.75) is 12.2 Å². The Labute approximate surface area is 102 Å². The maximum absolute atomic E-state index is 12.9. The van der Waals surface area contributed by atoms with E-state index in [9.17, 15) is 18.0 Å². The summed E-state index contributed by atoms with van der Waals surface area (Å²) in [5.74, 6) is -0.208. The van der Waals surface area contributed by atoms with E-state index in [0.29, 0.717) is 13.1 Å². The van der Waals surface area contributed by atoms with Gasteiger partial charge in [-0.1, -0.05) is 0 Å². The number of rotatable bonds is 2. The average Bonchev–Trinajstić information content (AvgIpc) is 2.37. The topological polar surface area (TPSA) is 45.2 Å². The van der Waals surface area contributed by atoms with Gasteiger partial charge in [0.2, 0.25) is 6.29 Å². The SMILES string of the molecule is O=[C]C1CNCCN1c1ncccc1C(F)(F)F. The Morgan fingerprint density at radius 3 is 2.94 bits per heavy atom. The zero-order chi connectivity index (χ0) is 13.2. The highest BCUT2D eigenvalue weighted by atomic mass is 19.4. The minimum Gasteiger partial charge on any atom is -0.343 e. The van der Waals surface area contributed by atoms with Gasteiger partial charge in [-0.3, -0.25) is 4.79 Å². The van der Waals surface area contributed by atoms with Gasteiger partial charge in [0.1, 0.15) is 11.9 Å². The molecule has 1 unspecified atom stereocenters. The van der Waals surface area contributed by atoms with Gasteiger partial charge in [0.15, 0.2) is 0 Å². The maximum Gasteiger partial charge on any atom is 0.419 e. The van der Waals surface area contributed by atoms with E-state index in [4.69, 9.17) is 0 Å². The van der Waals surface area contributed by atoms with Crippen LogP contribution in [-0.2, 0) is 11.0 Å². The van der Waals surface area contributed by atoms with E-state index < -0.39 is 17.8 Å². The van der Waals surface area contributed by atoms with Gasteiger partial charge >= 0.3 is 6.18 Å². The summed E-state index contributed by atoms with van der Waals surface area (Å²) in [7, 11) is 0. The van der Waals surface area contributed by atoms with Crippen LogP contribution in [0, 0.1) is 0 Å². The van der Waals surface area contributed by atoms with Crippen molar-refractivity contribution >= 4 is 12.1 Å². The second-order valence-corrected chi connectivity index (χ2v) is 3.90. The molecule has 18 heavy (non-hydrogen) atoms. The third kappa shape index (κ3) is 2.45. The molecule has 7 heteroatoms. The second kappa shape index (κ2) is 4.93. The van der Waals surface area contributed by atoms with Gasteiger partial charge in [-0.05, 0) is 12.1 Å². The van der Waals surface area contributed by atoms with E-state index in [0.717, 1.165) is 6.07 Å². The summed E-state index contributed by atoms with van der Waals surface area (Å²) in [4.78, 5) is 15.9. The molecule has 97 valence electrons. The molecule has 0 bridgehead atoms. The number of hydrogen-bond donors (Lipinski definition) is 1. The Balaban J connectivity index is 2.40. The van der Waals surface area contributed by atoms with Crippen molar-refractivity contribution in [3.63, 3.8) is 0 Å². The number of nitrogens with zero attached hydrogens (tertiary/aromatic N) is 2. The number of carbonyl (C=O) groups excluding carboxylic acids is 1. The number of hydrogen-bond acceptors (Lipinski definition) is 4. The van der Waals surface area contributed by atoms with E-state index in [1.54, 1.807) is 6.29 Å². The molecule has 1 saturated heterocycles. The number of nitrogens with one attached hydrogen (secondary N) is 1. The first-order chi connectivity index (χ1) is 8.54. The van der Waals surface area contributed by atoms with Crippen LogP contribution >= 0.6 is 0 Å². The van der Waals surface area contributed by atoms with Crippen molar-refractivity contribution in [2.75, 3.05) is 24.5 Å². The standard InChI is InChI=1S/C11H11F3N3O/c12-11(13,14)9-2-1-3-16-10(9)17-5-4-15-6-8(17)7-18/h1-3,8,15H,4-6H2. The third-order valence-electron chi connectivity index (χ3n) is 2.74. The summed E-state index contributed by atoms with van der Waals surface area (Å²) in [6.45, 7) is 1.07. The molecule has 1 aromatic heterocycles. The normalized spacial score (nSPS) is 20.8. The molecule has 0 amide bonds. The zero-order valence-electron chi connectivity index (χ0n) is 9.37. The van der Waals surface area contributed by atoms with Crippen LogP contribution in [0.3, 0.4) is 0 Å². The molecule has 1 aromatic rings. The number of halogens is 3. The summed E-state index contributed by atoms with van der Waals surface area (Å²) in [5.41, 5.74) is -0.827. The highest BCUT2D eigenvalue weighted by molar-refractivity contribution is 5.67. The van der Waals surface area contributed by atoms with E-state index in [1.807, 2.05) is 0 Å². The lowest BCUT2D eigenvalue weighted by Crippen LogP contribution is -2.53. The first kappa shape index (κ1) is 12.8. The Kier molecular flexibility index (Phi) is 3.51. The number of alkyl halides is 3. The summed E-state index contributed by atoms with van der Waals surface area (Å²) in [6.07, 6.45) is -1.46. The van der Waals surface area contributed by atoms with Crippen LogP contribution in [0.25, 0.3) is 0 Å². The van der Waals surface area contributed by atoms with E-state index in [1.165, 1.54) is 17.2 Å². The molecule has 2 rings (SSSR count). The van der Waals surface area contributed by atoms with Gasteiger partial charge in [0, 0.05) is 25.8 Å².